The van der Waals surface area contributed by atoms with Crippen LogP contribution in [0.4, 0.5) is 0 Å². The van der Waals surface area contributed by atoms with Crippen LogP contribution in [0.2, 0.25) is 0 Å². The van der Waals surface area contributed by atoms with Gasteiger partial charge in [-0.2, -0.15) is 5.10 Å². The number of rotatable bonds is 5. The van der Waals surface area contributed by atoms with Crippen LogP contribution >= 0.6 is 0 Å². The molecule has 0 saturated carbocycles. The second kappa shape index (κ2) is 6.50. The minimum Gasteiger partial charge on any atom is -0.493 e. The van der Waals surface area contributed by atoms with Gasteiger partial charge in [-0.3, -0.25) is 14.6 Å². The highest BCUT2D eigenvalue weighted by atomic mass is 32.2. The molecule has 0 fully saturated rings. The Bertz CT molecular complexity index is 1060. The number of benzene rings is 1. The van der Waals surface area contributed by atoms with Gasteiger partial charge in [0, 0.05) is 37.6 Å². The number of nitrogens with one attached hydrogen (secondary N) is 1. The standard InChI is InChI=1S/C17H17N5O3S/c1-22-11-13(9-20-22)17-15(18-5-6-19-17)10-21-26(23,24)14-2-3-16-12(8-14)4-7-25-16/h2-3,5-6,8-9,11,21H,4,7,10H2,1H3. The molecule has 3 heterocycles. The van der Waals surface area contributed by atoms with Gasteiger partial charge in [0.2, 0.25) is 10.0 Å². The molecule has 1 aliphatic heterocycles. The average Bonchev–Trinajstić information content (AvgIpc) is 3.28. The summed E-state index contributed by atoms with van der Waals surface area (Å²) < 4.78 is 35.0. The predicted octanol–water partition coefficient (Wildman–Crippen LogP) is 1.29. The SMILES string of the molecule is Cn1cc(-c2nccnc2CNS(=O)(=O)c2ccc3c(c2)CCO3)cn1. The highest BCUT2D eigenvalue weighted by molar-refractivity contribution is 7.89. The molecule has 1 N–H and O–H groups in total. The van der Waals surface area contributed by atoms with Crippen LogP contribution in [0, 0.1) is 0 Å². The molecule has 3 aromatic rings. The summed E-state index contributed by atoms with van der Waals surface area (Å²) in [5.41, 5.74) is 2.83. The summed E-state index contributed by atoms with van der Waals surface area (Å²) in [6, 6.07) is 4.90. The number of hydrogen-bond donors (Lipinski definition) is 1. The van der Waals surface area contributed by atoms with E-state index in [0.717, 1.165) is 16.9 Å². The third-order valence-electron chi connectivity index (χ3n) is 4.15. The topological polar surface area (TPSA) is 99.0 Å². The van der Waals surface area contributed by atoms with Crippen molar-refractivity contribution in [3.63, 3.8) is 0 Å². The molecule has 8 nitrogen and oxygen atoms in total. The fourth-order valence-electron chi connectivity index (χ4n) is 2.86. The van der Waals surface area contributed by atoms with Gasteiger partial charge in [-0.05, 0) is 23.8 Å². The first-order valence-electron chi connectivity index (χ1n) is 8.07. The lowest BCUT2D eigenvalue weighted by Gasteiger charge is -2.09. The lowest BCUT2D eigenvalue weighted by Crippen LogP contribution is -2.24. The second-order valence-electron chi connectivity index (χ2n) is 5.95. The predicted molar refractivity (Wildman–Crippen MR) is 93.9 cm³/mol. The van der Waals surface area contributed by atoms with Crippen LogP contribution in [0.1, 0.15) is 11.3 Å². The Morgan fingerprint density at radius 3 is 2.92 bits per heavy atom. The molecule has 0 atom stereocenters. The zero-order valence-electron chi connectivity index (χ0n) is 14.1. The van der Waals surface area contributed by atoms with Crippen molar-refractivity contribution in [3.05, 3.63) is 54.2 Å². The van der Waals surface area contributed by atoms with E-state index >= 15 is 0 Å². The fraction of sp³-hybridized carbons (Fsp3) is 0.235. The van der Waals surface area contributed by atoms with Gasteiger partial charge in [0.1, 0.15) is 5.75 Å². The highest BCUT2D eigenvalue weighted by Crippen LogP contribution is 2.27. The van der Waals surface area contributed by atoms with E-state index in [1.807, 2.05) is 6.20 Å². The molecular formula is C17H17N5O3S. The van der Waals surface area contributed by atoms with Gasteiger partial charge in [0.25, 0.3) is 0 Å². The summed E-state index contributed by atoms with van der Waals surface area (Å²) in [6.07, 6.45) is 7.30. The molecule has 1 aliphatic rings. The minimum absolute atomic E-state index is 0.0357. The molecule has 0 saturated heterocycles. The first-order chi connectivity index (χ1) is 12.5. The Balaban J connectivity index is 1.57. The molecule has 1 aromatic carbocycles. The van der Waals surface area contributed by atoms with E-state index in [4.69, 9.17) is 4.74 Å². The van der Waals surface area contributed by atoms with Gasteiger partial charge in [-0.1, -0.05) is 0 Å². The lowest BCUT2D eigenvalue weighted by atomic mass is 10.2. The number of hydrogen-bond acceptors (Lipinski definition) is 6. The Kier molecular flexibility index (Phi) is 4.17. The van der Waals surface area contributed by atoms with E-state index in [1.165, 1.54) is 6.20 Å². The second-order valence-corrected chi connectivity index (χ2v) is 7.71. The Morgan fingerprint density at radius 1 is 1.27 bits per heavy atom. The highest BCUT2D eigenvalue weighted by Gasteiger charge is 2.20. The van der Waals surface area contributed by atoms with Gasteiger partial charge >= 0.3 is 0 Å². The van der Waals surface area contributed by atoms with Crippen LogP contribution < -0.4 is 9.46 Å². The van der Waals surface area contributed by atoms with E-state index in [2.05, 4.69) is 19.8 Å². The molecule has 2 aromatic heterocycles. The summed E-state index contributed by atoms with van der Waals surface area (Å²) in [4.78, 5) is 8.80. The van der Waals surface area contributed by atoms with Crippen molar-refractivity contribution in [2.24, 2.45) is 7.05 Å². The van der Waals surface area contributed by atoms with Gasteiger partial charge in [-0.15, -0.1) is 0 Å². The molecule has 0 unspecified atom stereocenters. The molecule has 4 rings (SSSR count). The number of ether oxygens (including phenoxy) is 1. The van der Waals surface area contributed by atoms with Crippen molar-refractivity contribution in [1.82, 2.24) is 24.5 Å². The van der Waals surface area contributed by atoms with Gasteiger partial charge in [0.05, 0.1) is 35.6 Å². The summed E-state index contributed by atoms with van der Waals surface area (Å²) in [5.74, 6) is 0.747. The van der Waals surface area contributed by atoms with Crippen molar-refractivity contribution in [3.8, 4) is 17.0 Å². The van der Waals surface area contributed by atoms with E-state index in [9.17, 15) is 8.42 Å². The van der Waals surface area contributed by atoms with Crippen LogP contribution in [0.15, 0.2) is 47.9 Å². The number of nitrogens with zero attached hydrogens (tertiary/aromatic N) is 4. The molecule has 0 aliphatic carbocycles. The van der Waals surface area contributed by atoms with Gasteiger partial charge in [-0.25, -0.2) is 13.1 Å². The molecule has 0 bridgehead atoms. The molecule has 26 heavy (non-hydrogen) atoms. The maximum absolute atomic E-state index is 12.6. The first kappa shape index (κ1) is 16.7. The van der Waals surface area contributed by atoms with Crippen LogP contribution in [0.5, 0.6) is 5.75 Å². The number of aryl methyl sites for hydroxylation is 1. The average molecular weight is 371 g/mol. The Morgan fingerprint density at radius 2 is 2.12 bits per heavy atom. The number of aromatic nitrogens is 4. The van der Waals surface area contributed by atoms with Crippen LogP contribution in [-0.2, 0) is 30.0 Å². The van der Waals surface area contributed by atoms with Crippen LogP contribution in [0.25, 0.3) is 11.3 Å². The summed E-state index contributed by atoms with van der Waals surface area (Å²) in [7, 11) is -1.86. The molecule has 9 heteroatoms. The van der Waals surface area contributed by atoms with E-state index in [0.29, 0.717) is 24.4 Å². The lowest BCUT2D eigenvalue weighted by molar-refractivity contribution is 0.356. The fourth-order valence-corrected chi connectivity index (χ4v) is 3.90. The van der Waals surface area contributed by atoms with Crippen molar-refractivity contribution in [2.75, 3.05) is 6.61 Å². The monoisotopic (exact) mass is 371 g/mol. The van der Waals surface area contributed by atoms with Gasteiger partial charge in [0.15, 0.2) is 0 Å². The molecular weight excluding hydrogens is 354 g/mol. The Labute approximate surface area is 150 Å². The maximum atomic E-state index is 12.6. The third kappa shape index (κ3) is 3.18. The number of fused-ring (bicyclic) bond motifs is 1. The van der Waals surface area contributed by atoms with Crippen LogP contribution in [-0.4, -0.2) is 34.8 Å². The van der Waals surface area contributed by atoms with Crippen molar-refractivity contribution in [2.45, 2.75) is 17.9 Å². The van der Waals surface area contributed by atoms with Crippen molar-refractivity contribution >= 4 is 10.0 Å². The molecule has 134 valence electrons. The minimum atomic E-state index is -3.67. The van der Waals surface area contributed by atoms with Crippen molar-refractivity contribution in [1.29, 1.82) is 0 Å². The van der Waals surface area contributed by atoms with Crippen LogP contribution in [0.3, 0.4) is 0 Å². The third-order valence-corrected chi connectivity index (χ3v) is 5.55. The van der Waals surface area contributed by atoms with Gasteiger partial charge < -0.3 is 4.74 Å². The van der Waals surface area contributed by atoms with E-state index in [1.54, 1.807) is 42.3 Å². The van der Waals surface area contributed by atoms with E-state index in [-0.39, 0.29) is 11.4 Å². The Hall–Kier alpha value is -2.78. The number of sulfonamides is 1. The maximum Gasteiger partial charge on any atom is 0.240 e. The molecule has 0 spiro atoms. The zero-order chi connectivity index (χ0) is 18.1. The summed E-state index contributed by atoms with van der Waals surface area (Å²) in [6.45, 7) is 0.619. The largest absolute Gasteiger partial charge is 0.493 e. The zero-order valence-corrected chi connectivity index (χ0v) is 14.9. The molecule has 0 amide bonds. The smallest absolute Gasteiger partial charge is 0.240 e. The summed E-state index contributed by atoms with van der Waals surface area (Å²) in [5, 5.41) is 4.12. The quantitative estimate of drug-likeness (QED) is 0.726. The van der Waals surface area contributed by atoms with E-state index < -0.39 is 10.0 Å². The summed E-state index contributed by atoms with van der Waals surface area (Å²) >= 11 is 0. The van der Waals surface area contributed by atoms with Crippen molar-refractivity contribution < 1.29 is 13.2 Å². The normalized spacial score (nSPS) is 13.4. The first-order valence-corrected chi connectivity index (χ1v) is 9.55. The molecule has 0 radical (unpaired) electrons.